The van der Waals surface area contributed by atoms with Crippen molar-refractivity contribution in [3.8, 4) is 11.4 Å². The van der Waals surface area contributed by atoms with Gasteiger partial charge in [0.05, 0.1) is 4.53 Å². The zero-order chi connectivity index (χ0) is 18.4. The lowest BCUT2D eigenvalue weighted by Crippen LogP contribution is -2.23. The Morgan fingerprint density at radius 1 is 0.963 bits per heavy atom. The molecule has 0 atom stereocenters. The number of benzene rings is 3. The van der Waals surface area contributed by atoms with Crippen LogP contribution in [0.25, 0.3) is 33.2 Å². The molecule has 5 aromatic rings. The second kappa shape index (κ2) is 6.14. The van der Waals surface area contributed by atoms with Gasteiger partial charge < -0.3 is 0 Å². The van der Waals surface area contributed by atoms with Crippen LogP contribution in [0.5, 0.6) is 0 Å². The van der Waals surface area contributed by atoms with Crippen molar-refractivity contribution in [2.24, 2.45) is 0 Å². The molecule has 3 aromatic carbocycles. The molecule has 0 unspecified atom stereocenters. The summed E-state index contributed by atoms with van der Waals surface area (Å²) >= 11 is 1.37. The Bertz CT molecular complexity index is 1390. The van der Waals surface area contributed by atoms with E-state index >= 15 is 0 Å². The van der Waals surface area contributed by atoms with Gasteiger partial charge in [-0.05, 0) is 29.3 Å². The summed E-state index contributed by atoms with van der Waals surface area (Å²) in [6, 6.07) is 22.2. The highest BCUT2D eigenvalue weighted by molar-refractivity contribution is 7.15. The molecule has 0 aliphatic heterocycles. The van der Waals surface area contributed by atoms with Crippen LogP contribution in [0.3, 0.4) is 0 Å². The summed E-state index contributed by atoms with van der Waals surface area (Å²) in [6.45, 7) is 2.04. The van der Waals surface area contributed by atoms with Crippen molar-refractivity contribution in [3.63, 3.8) is 0 Å². The summed E-state index contributed by atoms with van der Waals surface area (Å²) < 4.78 is 2.04. The average Bonchev–Trinajstić information content (AvgIpc) is 3.23. The largest absolute Gasteiger partial charge is 0.291 e. The van der Waals surface area contributed by atoms with Crippen LogP contribution in [-0.4, -0.2) is 14.6 Å². The van der Waals surface area contributed by atoms with E-state index < -0.39 is 0 Å². The fourth-order valence-corrected chi connectivity index (χ4v) is 4.09. The maximum Gasteiger partial charge on any atom is 0.291 e. The Balaban J connectivity index is 1.65. The minimum absolute atomic E-state index is 0.130. The molecular formula is C22H15N3OS. The van der Waals surface area contributed by atoms with Gasteiger partial charge in [-0.25, -0.2) is 0 Å². The number of rotatable bonds is 2. The summed E-state index contributed by atoms with van der Waals surface area (Å²) in [5, 5.41) is 6.70. The summed E-state index contributed by atoms with van der Waals surface area (Å²) in [7, 11) is 0. The van der Waals surface area contributed by atoms with Crippen LogP contribution in [0.2, 0.25) is 0 Å². The number of thiazole rings is 1. The topological polar surface area (TPSA) is 47.3 Å². The van der Waals surface area contributed by atoms with E-state index in [1.54, 1.807) is 0 Å². The quantitative estimate of drug-likeness (QED) is 0.475. The maximum atomic E-state index is 12.7. The Kier molecular flexibility index (Phi) is 3.62. The van der Waals surface area contributed by atoms with Crippen molar-refractivity contribution in [2.75, 3.05) is 0 Å². The van der Waals surface area contributed by atoms with Crippen LogP contribution in [0, 0.1) is 6.92 Å². The van der Waals surface area contributed by atoms with Gasteiger partial charge in [0.1, 0.15) is 0 Å². The van der Waals surface area contributed by atoms with Gasteiger partial charge in [-0.2, -0.15) is 9.50 Å². The van der Waals surface area contributed by atoms with Gasteiger partial charge in [-0.3, -0.25) is 4.79 Å². The lowest BCUT2D eigenvalue weighted by Gasteiger charge is -2.01. The molecular weight excluding hydrogens is 354 g/mol. The Morgan fingerprint density at radius 3 is 2.56 bits per heavy atom. The van der Waals surface area contributed by atoms with Crippen LogP contribution >= 0.6 is 11.3 Å². The van der Waals surface area contributed by atoms with E-state index in [1.807, 2.05) is 61.5 Å². The van der Waals surface area contributed by atoms with E-state index in [9.17, 15) is 4.79 Å². The predicted molar refractivity (Wildman–Crippen MR) is 110 cm³/mol. The van der Waals surface area contributed by atoms with Crippen LogP contribution in [-0.2, 0) is 0 Å². The molecule has 0 fully saturated rings. The molecule has 0 aliphatic carbocycles. The molecule has 0 bridgehead atoms. The van der Waals surface area contributed by atoms with Gasteiger partial charge in [0.15, 0.2) is 5.82 Å². The predicted octanol–water partition coefficient (Wildman–Crippen LogP) is 3.83. The first-order valence-electron chi connectivity index (χ1n) is 8.65. The molecule has 0 aliphatic rings. The second-order valence-electron chi connectivity index (χ2n) is 6.48. The average molecular weight is 369 g/mol. The van der Waals surface area contributed by atoms with Gasteiger partial charge >= 0.3 is 0 Å². The van der Waals surface area contributed by atoms with E-state index in [0.29, 0.717) is 15.3 Å². The van der Waals surface area contributed by atoms with Crippen LogP contribution < -0.4 is 10.1 Å². The molecule has 5 rings (SSSR count). The Labute approximate surface area is 159 Å². The third kappa shape index (κ3) is 2.73. The van der Waals surface area contributed by atoms with E-state index in [0.717, 1.165) is 21.9 Å². The molecule has 0 amide bonds. The minimum atomic E-state index is -0.130. The molecule has 0 radical (unpaired) electrons. The van der Waals surface area contributed by atoms with Gasteiger partial charge in [0, 0.05) is 5.56 Å². The van der Waals surface area contributed by atoms with Gasteiger partial charge in [-0.1, -0.05) is 83.6 Å². The molecule has 2 aromatic heterocycles. The molecule has 130 valence electrons. The fraction of sp³-hybridized carbons (Fsp3) is 0.0455. The molecule has 0 N–H and O–H groups in total. The van der Waals surface area contributed by atoms with Crippen molar-refractivity contribution >= 4 is 33.1 Å². The molecule has 4 nitrogen and oxygen atoms in total. The van der Waals surface area contributed by atoms with Crippen LogP contribution in [0.1, 0.15) is 11.1 Å². The smallest absolute Gasteiger partial charge is 0.266 e. The van der Waals surface area contributed by atoms with Crippen molar-refractivity contribution in [2.45, 2.75) is 6.92 Å². The van der Waals surface area contributed by atoms with E-state index in [-0.39, 0.29) is 5.56 Å². The summed E-state index contributed by atoms with van der Waals surface area (Å²) in [5.41, 5.74) is 3.00. The molecule has 0 saturated carbocycles. The van der Waals surface area contributed by atoms with Crippen molar-refractivity contribution < 1.29 is 0 Å². The lowest BCUT2D eigenvalue weighted by atomic mass is 10.0. The highest BCUT2D eigenvalue weighted by Crippen LogP contribution is 2.26. The van der Waals surface area contributed by atoms with E-state index in [4.69, 9.17) is 0 Å². The normalized spacial score (nSPS) is 12.3. The third-order valence-corrected chi connectivity index (χ3v) is 5.55. The first kappa shape index (κ1) is 15.9. The van der Waals surface area contributed by atoms with E-state index in [1.165, 1.54) is 21.4 Å². The molecule has 0 spiro atoms. The molecule has 27 heavy (non-hydrogen) atoms. The Hall–Kier alpha value is -3.31. The third-order valence-electron chi connectivity index (χ3n) is 4.59. The number of nitrogens with zero attached hydrogens (tertiary/aromatic N) is 3. The molecule has 0 saturated heterocycles. The lowest BCUT2D eigenvalue weighted by molar-refractivity contribution is 0.937. The number of hydrogen-bond acceptors (Lipinski definition) is 4. The van der Waals surface area contributed by atoms with Gasteiger partial charge in [0.2, 0.25) is 4.96 Å². The number of aromatic nitrogens is 3. The first-order chi connectivity index (χ1) is 13.2. The van der Waals surface area contributed by atoms with Crippen LogP contribution in [0.15, 0.2) is 71.5 Å². The van der Waals surface area contributed by atoms with Crippen molar-refractivity contribution in [1.82, 2.24) is 14.6 Å². The highest BCUT2D eigenvalue weighted by atomic mass is 32.1. The van der Waals surface area contributed by atoms with Crippen LogP contribution in [0.4, 0.5) is 0 Å². The van der Waals surface area contributed by atoms with Gasteiger partial charge in [-0.15, -0.1) is 5.10 Å². The highest BCUT2D eigenvalue weighted by Gasteiger charge is 2.13. The fourth-order valence-electron chi connectivity index (χ4n) is 3.18. The molecule has 2 heterocycles. The Morgan fingerprint density at radius 2 is 1.74 bits per heavy atom. The minimum Gasteiger partial charge on any atom is -0.266 e. The summed E-state index contributed by atoms with van der Waals surface area (Å²) in [6.07, 6.45) is 1.89. The number of fused-ring (bicyclic) bond motifs is 2. The SMILES string of the molecule is Cc1ccc(C=c2sc3nc(-c4cccc5ccccc45)nn3c2=O)cc1. The standard InChI is InChI=1S/C22H15N3OS/c1-14-9-11-15(12-10-14)13-19-21(26)25-22(27-19)23-20(24-25)18-8-4-6-16-5-2-3-7-17(16)18/h2-13H,1H3. The van der Waals surface area contributed by atoms with E-state index in [2.05, 4.69) is 28.3 Å². The zero-order valence-corrected chi connectivity index (χ0v) is 15.4. The second-order valence-corrected chi connectivity index (χ2v) is 7.49. The number of hydrogen-bond donors (Lipinski definition) is 0. The first-order valence-corrected chi connectivity index (χ1v) is 9.47. The zero-order valence-electron chi connectivity index (χ0n) is 14.6. The number of aryl methyl sites for hydroxylation is 1. The van der Waals surface area contributed by atoms with Crippen molar-refractivity contribution in [1.29, 1.82) is 0 Å². The maximum absolute atomic E-state index is 12.7. The molecule has 5 heteroatoms. The van der Waals surface area contributed by atoms with Crippen molar-refractivity contribution in [3.05, 3.63) is 92.7 Å². The summed E-state index contributed by atoms with van der Waals surface area (Å²) in [4.78, 5) is 18.0. The van der Waals surface area contributed by atoms with Gasteiger partial charge in [0.25, 0.3) is 5.56 Å². The monoisotopic (exact) mass is 369 g/mol. The summed E-state index contributed by atoms with van der Waals surface area (Å²) in [5.74, 6) is 0.581.